The van der Waals surface area contributed by atoms with Crippen LogP contribution >= 0.6 is 0 Å². The molecule has 0 atom stereocenters. The number of carbonyl (C=O) groups excluding carboxylic acids is 1. The number of rotatable bonds is 4. The zero-order valence-electron chi connectivity index (χ0n) is 14.3. The van der Waals surface area contributed by atoms with Gasteiger partial charge in [-0.05, 0) is 54.1 Å². The largest absolute Gasteiger partial charge is 0.416 e. The third kappa shape index (κ3) is 4.46. The first kappa shape index (κ1) is 19.3. The Morgan fingerprint density at radius 2 is 1.61 bits per heavy atom. The fourth-order valence-electron chi connectivity index (χ4n) is 2.56. The van der Waals surface area contributed by atoms with Gasteiger partial charge in [0.25, 0.3) is 11.5 Å². The number of carbonyl (C=O) groups is 1. The van der Waals surface area contributed by atoms with Crippen molar-refractivity contribution in [2.75, 3.05) is 5.32 Å². The minimum absolute atomic E-state index is 0.00857. The van der Waals surface area contributed by atoms with E-state index < -0.39 is 29.0 Å². The van der Waals surface area contributed by atoms with E-state index in [1.807, 2.05) is 0 Å². The number of nitrogens with one attached hydrogen (secondary N) is 1. The van der Waals surface area contributed by atoms with Crippen molar-refractivity contribution < 1.29 is 22.4 Å². The first-order valence-corrected chi connectivity index (χ1v) is 8.16. The number of pyridine rings is 1. The maximum absolute atomic E-state index is 12.9. The van der Waals surface area contributed by atoms with E-state index in [2.05, 4.69) is 5.32 Å². The highest BCUT2D eigenvalue weighted by Gasteiger charge is 2.29. The molecule has 28 heavy (non-hydrogen) atoms. The van der Waals surface area contributed by atoms with Gasteiger partial charge < -0.3 is 9.88 Å². The van der Waals surface area contributed by atoms with Crippen LogP contribution in [0.1, 0.15) is 21.5 Å². The molecule has 1 N–H and O–H groups in total. The Balaban J connectivity index is 1.80. The Labute approximate surface area is 157 Å². The van der Waals surface area contributed by atoms with Crippen LogP contribution in [0.4, 0.5) is 23.2 Å². The Morgan fingerprint density at radius 1 is 0.964 bits per heavy atom. The summed E-state index contributed by atoms with van der Waals surface area (Å²) in [5.41, 5.74) is -0.716. The molecule has 3 rings (SSSR count). The van der Waals surface area contributed by atoms with Crippen LogP contribution < -0.4 is 10.9 Å². The summed E-state index contributed by atoms with van der Waals surface area (Å²) in [7, 11) is 0. The van der Waals surface area contributed by atoms with Crippen LogP contribution in [0.3, 0.4) is 0 Å². The van der Waals surface area contributed by atoms with Gasteiger partial charge in [-0.15, -0.1) is 0 Å². The molecule has 4 nitrogen and oxygen atoms in total. The lowest BCUT2D eigenvalue weighted by Gasteiger charge is -2.10. The maximum Gasteiger partial charge on any atom is 0.416 e. The Morgan fingerprint density at radius 3 is 2.21 bits per heavy atom. The highest BCUT2D eigenvalue weighted by molar-refractivity contribution is 6.03. The molecule has 3 aromatic rings. The van der Waals surface area contributed by atoms with Crippen molar-refractivity contribution in [3.05, 3.63) is 99.7 Å². The molecule has 0 aliphatic carbocycles. The molecular formula is C20H14F4N2O2. The third-order valence-electron chi connectivity index (χ3n) is 4.00. The second-order valence-electron chi connectivity index (χ2n) is 6.01. The van der Waals surface area contributed by atoms with Crippen LogP contribution in [0.15, 0.2) is 71.7 Å². The minimum atomic E-state index is -4.44. The van der Waals surface area contributed by atoms with Gasteiger partial charge in [0.1, 0.15) is 11.4 Å². The number of halogens is 4. The SMILES string of the molecule is O=C(Nc1ccc(F)cc1)c1cccn(Cc2ccc(C(F)(F)F)cc2)c1=O. The van der Waals surface area contributed by atoms with Crippen LogP contribution in [0.5, 0.6) is 0 Å². The van der Waals surface area contributed by atoms with Gasteiger partial charge in [0.05, 0.1) is 12.1 Å². The second-order valence-corrected chi connectivity index (χ2v) is 6.01. The first-order chi connectivity index (χ1) is 13.2. The molecule has 1 heterocycles. The molecule has 0 spiro atoms. The molecular weight excluding hydrogens is 376 g/mol. The Hall–Kier alpha value is -3.42. The monoisotopic (exact) mass is 390 g/mol. The van der Waals surface area contributed by atoms with Gasteiger partial charge in [-0.25, -0.2) is 4.39 Å². The second kappa shape index (κ2) is 7.67. The molecule has 1 aromatic heterocycles. The van der Waals surface area contributed by atoms with Crippen LogP contribution in [0.2, 0.25) is 0 Å². The fraction of sp³-hybridized carbons (Fsp3) is 0.100. The van der Waals surface area contributed by atoms with Crippen molar-refractivity contribution in [3.8, 4) is 0 Å². The van der Waals surface area contributed by atoms with E-state index in [-0.39, 0.29) is 12.1 Å². The summed E-state index contributed by atoms with van der Waals surface area (Å²) in [6.07, 6.45) is -3.00. The summed E-state index contributed by atoms with van der Waals surface area (Å²) in [6, 6.07) is 12.3. The van der Waals surface area contributed by atoms with Crippen molar-refractivity contribution in [1.29, 1.82) is 0 Å². The van der Waals surface area contributed by atoms with Crippen LogP contribution in [0, 0.1) is 5.82 Å². The number of amides is 1. The van der Waals surface area contributed by atoms with Gasteiger partial charge >= 0.3 is 6.18 Å². The summed E-state index contributed by atoms with van der Waals surface area (Å²) in [6.45, 7) is 0.00857. The lowest BCUT2D eigenvalue weighted by Crippen LogP contribution is -2.29. The van der Waals surface area contributed by atoms with Crippen molar-refractivity contribution in [1.82, 2.24) is 4.57 Å². The number of hydrogen-bond donors (Lipinski definition) is 1. The zero-order valence-corrected chi connectivity index (χ0v) is 14.3. The number of anilines is 1. The van der Waals surface area contributed by atoms with Crippen LogP contribution in [0.25, 0.3) is 0 Å². The van der Waals surface area contributed by atoms with E-state index in [1.54, 1.807) is 0 Å². The van der Waals surface area contributed by atoms with Gasteiger partial charge in [-0.3, -0.25) is 9.59 Å². The topological polar surface area (TPSA) is 51.1 Å². The smallest absolute Gasteiger partial charge is 0.322 e. The molecule has 0 fully saturated rings. The normalized spacial score (nSPS) is 11.3. The number of nitrogens with zero attached hydrogens (tertiary/aromatic N) is 1. The van der Waals surface area contributed by atoms with E-state index in [9.17, 15) is 27.2 Å². The van der Waals surface area contributed by atoms with E-state index in [0.717, 1.165) is 12.1 Å². The molecule has 0 aliphatic rings. The highest BCUT2D eigenvalue weighted by atomic mass is 19.4. The number of benzene rings is 2. The number of alkyl halides is 3. The molecule has 0 saturated carbocycles. The molecule has 0 bridgehead atoms. The molecule has 144 valence electrons. The molecule has 0 saturated heterocycles. The Bertz CT molecular complexity index is 1040. The number of aromatic nitrogens is 1. The minimum Gasteiger partial charge on any atom is -0.322 e. The molecule has 0 aliphatic heterocycles. The maximum atomic E-state index is 12.9. The van der Waals surface area contributed by atoms with Gasteiger partial charge in [0, 0.05) is 11.9 Å². The first-order valence-electron chi connectivity index (χ1n) is 8.16. The zero-order chi connectivity index (χ0) is 20.3. The van der Waals surface area contributed by atoms with Gasteiger partial charge in [-0.1, -0.05) is 12.1 Å². The summed E-state index contributed by atoms with van der Waals surface area (Å²) in [5, 5.41) is 2.50. The summed E-state index contributed by atoms with van der Waals surface area (Å²) >= 11 is 0. The fourth-order valence-corrected chi connectivity index (χ4v) is 2.56. The van der Waals surface area contributed by atoms with Crippen molar-refractivity contribution >= 4 is 11.6 Å². The lowest BCUT2D eigenvalue weighted by molar-refractivity contribution is -0.137. The lowest BCUT2D eigenvalue weighted by atomic mass is 10.1. The van der Waals surface area contributed by atoms with Crippen molar-refractivity contribution in [2.24, 2.45) is 0 Å². The molecule has 2 aromatic carbocycles. The van der Waals surface area contributed by atoms with Gasteiger partial charge in [0.2, 0.25) is 0 Å². The van der Waals surface area contributed by atoms with Crippen LogP contribution in [-0.2, 0) is 12.7 Å². The quantitative estimate of drug-likeness (QED) is 0.675. The van der Waals surface area contributed by atoms with E-state index in [4.69, 9.17) is 0 Å². The molecule has 0 radical (unpaired) electrons. The summed E-state index contributed by atoms with van der Waals surface area (Å²) < 4.78 is 52.1. The summed E-state index contributed by atoms with van der Waals surface area (Å²) in [4.78, 5) is 24.9. The molecule has 0 unspecified atom stereocenters. The third-order valence-corrected chi connectivity index (χ3v) is 4.00. The number of hydrogen-bond acceptors (Lipinski definition) is 2. The van der Waals surface area contributed by atoms with Gasteiger partial charge in [-0.2, -0.15) is 13.2 Å². The van der Waals surface area contributed by atoms with Crippen molar-refractivity contribution in [2.45, 2.75) is 12.7 Å². The summed E-state index contributed by atoms with van der Waals surface area (Å²) in [5.74, 6) is -1.13. The predicted octanol–water partition coefficient (Wildman–Crippen LogP) is 4.31. The average Bonchev–Trinajstić information content (AvgIpc) is 2.65. The van der Waals surface area contributed by atoms with E-state index >= 15 is 0 Å². The predicted molar refractivity (Wildman–Crippen MR) is 95.6 cm³/mol. The standard InChI is InChI=1S/C20H14F4N2O2/c21-15-7-9-16(10-8-15)25-18(27)17-2-1-11-26(19(17)28)12-13-3-5-14(6-4-13)20(22,23)24/h1-11H,12H2,(H,25,27). The van der Waals surface area contributed by atoms with Crippen LogP contribution in [-0.4, -0.2) is 10.5 Å². The molecule has 1 amide bonds. The Kier molecular flexibility index (Phi) is 5.30. The van der Waals surface area contributed by atoms with E-state index in [0.29, 0.717) is 11.3 Å². The highest BCUT2D eigenvalue weighted by Crippen LogP contribution is 2.29. The van der Waals surface area contributed by atoms with Crippen molar-refractivity contribution in [3.63, 3.8) is 0 Å². The molecule has 8 heteroatoms. The average molecular weight is 390 g/mol. The van der Waals surface area contributed by atoms with E-state index in [1.165, 1.54) is 59.3 Å². The van der Waals surface area contributed by atoms with Gasteiger partial charge in [0.15, 0.2) is 0 Å².